The van der Waals surface area contributed by atoms with Crippen LogP contribution in [0, 0.1) is 5.92 Å². The molecule has 5 fully saturated rings. The highest BCUT2D eigenvalue weighted by Crippen LogP contribution is 2.34. The monoisotopic (exact) mass is 725 g/mol. The largest absolute Gasteiger partial charge is 0.394 e. The minimum Gasteiger partial charge on any atom is -0.394 e. The van der Waals surface area contributed by atoms with E-state index in [1.165, 1.54) is 0 Å². The van der Waals surface area contributed by atoms with E-state index in [1.54, 1.807) is 0 Å². The lowest BCUT2D eigenvalue weighted by molar-refractivity contribution is -0.307. The average Bonchev–Trinajstić information content (AvgIpc) is 3.41. The number of hydrogen-bond donors (Lipinski definition) is 14. The van der Waals surface area contributed by atoms with Crippen molar-refractivity contribution in [3.05, 3.63) is 0 Å². The van der Waals surface area contributed by atoms with Crippen LogP contribution in [-0.2, 0) is 28.4 Å². The fourth-order valence-electron chi connectivity index (χ4n) is 7.44. The van der Waals surface area contributed by atoms with Gasteiger partial charge >= 0.3 is 0 Å². The SMILES string of the molecule is NCC1O[C@H](O[C@H]2[C@@H](O)[C@H](O[C@@H]3[C@@H](O)[C@H](N)C[C@H](N)[C@H]3O[C@H]3O[C@H](CNCCC4CCNCC4)[C@@H](O)[C@H](O)[C@H]3N)O[C@@H]2CO)[C@H](N)[C@@H](O)[C@@H]1O. The molecule has 292 valence electrons. The first kappa shape index (κ1) is 40.4. The van der Waals surface area contributed by atoms with Crippen LogP contribution in [0.1, 0.15) is 25.7 Å². The lowest BCUT2D eigenvalue weighted by Crippen LogP contribution is -2.68. The minimum atomic E-state index is -1.60. The summed E-state index contributed by atoms with van der Waals surface area (Å²) in [7, 11) is 0. The maximum absolute atomic E-state index is 11.3. The first-order valence-electron chi connectivity index (χ1n) is 17.6. The highest BCUT2D eigenvalue weighted by atomic mass is 16.8. The molecule has 50 heavy (non-hydrogen) atoms. The van der Waals surface area contributed by atoms with Gasteiger partial charge in [0.05, 0.1) is 24.8 Å². The smallest absolute Gasteiger partial charge is 0.187 e. The van der Waals surface area contributed by atoms with Crippen LogP contribution in [0.25, 0.3) is 0 Å². The van der Waals surface area contributed by atoms with Crippen molar-refractivity contribution < 1.29 is 64.2 Å². The minimum absolute atomic E-state index is 0.104. The van der Waals surface area contributed by atoms with Gasteiger partial charge in [0.25, 0.3) is 0 Å². The molecule has 4 saturated heterocycles. The van der Waals surface area contributed by atoms with E-state index in [0.717, 1.165) is 32.4 Å². The van der Waals surface area contributed by atoms with Crippen LogP contribution in [0.15, 0.2) is 0 Å². The maximum atomic E-state index is 11.3. The Morgan fingerprint density at radius 3 is 1.82 bits per heavy atom. The Morgan fingerprint density at radius 2 is 1.20 bits per heavy atom. The summed E-state index contributed by atoms with van der Waals surface area (Å²) in [5.74, 6) is 0.596. The summed E-state index contributed by atoms with van der Waals surface area (Å²) >= 11 is 0. The fraction of sp³-hybridized carbons (Fsp3) is 1.00. The molecule has 0 radical (unpaired) electrons. The van der Waals surface area contributed by atoms with Gasteiger partial charge in [-0.1, -0.05) is 0 Å². The van der Waals surface area contributed by atoms with Crippen LogP contribution in [0.5, 0.6) is 0 Å². The third kappa shape index (κ3) is 8.93. The lowest BCUT2D eigenvalue weighted by Gasteiger charge is -2.47. The summed E-state index contributed by atoms with van der Waals surface area (Å²) in [6, 6.07) is -4.15. The fourth-order valence-corrected chi connectivity index (χ4v) is 7.44. The summed E-state index contributed by atoms with van der Waals surface area (Å²) in [4.78, 5) is 0. The molecule has 1 aliphatic carbocycles. The van der Waals surface area contributed by atoms with Crippen molar-refractivity contribution in [3.8, 4) is 0 Å². The quantitative estimate of drug-likeness (QED) is 0.0784. The van der Waals surface area contributed by atoms with Gasteiger partial charge in [0, 0.05) is 25.2 Å². The van der Waals surface area contributed by atoms with Crippen LogP contribution in [0.2, 0.25) is 0 Å². The molecule has 19 N–H and O–H groups in total. The molecule has 4 heterocycles. The van der Waals surface area contributed by atoms with E-state index in [2.05, 4.69) is 10.6 Å². The van der Waals surface area contributed by atoms with Gasteiger partial charge in [-0.3, -0.25) is 0 Å². The molecule has 0 spiro atoms. The Bertz CT molecular complexity index is 1040. The Morgan fingerprint density at radius 1 is 0.640 bits per heavy atom. The number of rotatable bonds is 13. The number of aliphatic hydroxyl groups excluding tert-OH is 7. The van der Waals surface area contributed by atoms with Crippen molar-refractivity contribution in [2.45, 2.75) is 142 Å². The molecule has 4 aliphatic heterocycles. The predicted octanol–water partition coefficient (Wildman–Crippen LogP) is -7.87. The predicted molar refractivity (Wildman–Crippen MR) is 172 cm³/mol. The topological polar surface area (TPSA) is 351 Å². The van der Waals surface area contributed by atoms with Crippen LogP contribution in [0.4, 0.5) is 0 Å². The number of piperidine rings is 1. The third-order valence-corrected chi connectivity index (χ3v) is 10.7. The van der Waals surface area contributed by atoms with E-state index in [9.17, 15) is 35.7 Å². The Kier molecular flexibility index (Phi) is 14.6. The first-order valence-corrected chi connectivity index (χ1v) is 17.6. The molecule has 0 aromatic rings. The highest BCUT2D eigenvalue weighted by Gasteiger charge is 2.54. The van der Waals surface area contributed by atoms with Gasteiger partial charge in [0.2, 0.25) is 0 Å². The zero-order valence-electron chi connectivity index (χ0n) is 28.1. The number of ether oxygens (including phenoxy) is 6. The van der Waals surface area contributed by atoms with E-state index in [-0.39, 0.29) is 19.5 Å². The normalized spacial score (nSPS) is 49.3. The van der Waals surface area contributed by atoms with Gasteiger partial charge < -0.3 is 103 Å². The maximum Gasteiger partial charge on any atom is 0.187 e. The molecule has 5 rings (SSSR count). The number of nitrogens with one attached hydrogen (secondary N) is 2. The molecular weight excluding hydrogens is 666 g/mol. The molecule has 19 atom stereocenters. The second-order valence-corrected chi connectivity index (χ2v) is 14.2. The Balaban J connectivity index is 1.24. The van der Waals surface area contributed by atoms with Crippen LogP contribution < -0.4 is 39.3 Å². The first-order chi connectivity index (χ1) is 23.9. The number of nitrogens with two attached hydrogens (primary N) is 5. The van der Waals surface area contributed by atoms with E-state index < -0.39 is 123 Å². The van der Waals surface area contributed by atoms with Crippen LogP contribution in [-0.4, -0.2) is 191 Å². The zero-order chi connectivity index (χ0) is 36.3. The van der Waals surface area contributed by atoms with Crippen molar-refractivity contribution in [2.75, 3.05) is 39.3 Å². The van der Waals surface area contributed by atoms with Crippen molar-refractivity contribution in [1.82, 2.24) is 10.6 Å². The van der Waals surface area contributed by atoms with Gasteiger partial charge in [-0.2, -0.15) is 0 Å². The molecule has 0 aromatic heterocycles. The van der Waals surface area contributed by atoms with Gasteiger partial charge in [0.1, 0.15) is 67.1 Å². The van der Waals surface area contributed by atoms with Gasteiger partial charge in [0.15, 0.2) is 18.9 Å². The molecule has 5 aliphatic rings. The summed E-state index contributed by atoms with van der Waals surface area (Å²) in [5.41, 5.74) is 30.6. The summed E-state index contributed by atoms with van der Waals surface area (Å²) in [6.07, 6.45) is -16.3. The number of hydrogen-bond acceptors (Lipinski definition) is 20. The molecular formula is C30H59N7O13. The van der Waals surface area contributed by atoms with E-state index in [4.69, 9.17) is 57.1 Å². The standard InChI is InChI=1S/C30H59N7O13/c31-8-14-20(40)22(42)17(34)28(45-14)49-26-16(10-38)47-30(24(26)44)50-27-19(39)12(32)7-13(33)25(27)48-29-18(35)23(43)21(41)15(46-29)9-37-6-3-11-1-4-36-5-2-11/h11-30,36-44H,1-10,31-35H2/t12-,13+,14?,15-,16-,17-,18-,19+,20-,21-,22-,23-,24-,25-,26-,27-,28-,29-,30+/m1/s1. The van der Waals surface area contributed by atoms with Crippen molar-refractivity contribution in [2.24, 2.45) is 34.6 Å². The van der Waals surface area contributed by atoms with Crippen LogP contribution >= 0.6 is 0 Å². The summed E-state index contributed by atoms with van der Waals surface area (Å²) < 4.78 is 35.6. The van der Waals surface area contributed by atoms with Gasteiger partial charge in [-0.25, -0.2) is 0 Å². The molecule has 1 saturated carbocycles. The van der Waals surface area contributed by atoms with Crippen molar-refractivity contribution in [1.29, 1.82) is 0 Å². The summed E-state index contributed by atoms with van der Waals surface area (Å²) in [5, 5.41) is 81.3. The van der Waals surface area contributed by atoms with E-state index in [1.807, 2.05) is 0 Å². The van der Waals surface area contributed by atoms with E-state index in [0.29, 0.717) is 12.5 Å². The zero-order valence-corrected chi connectivity index (χ0v) is 28.1. The van der Waals surface area contributed by atoms with Crippen molar-refractivity contribution in [3.63, 3.8) is 0 Å². The molecule has 20 heteroatoms. The lowest BCUT2D eigenvalue weighted by atomic mass is 9.84. The molecule has 0 aromatic carbocycles. The van der Waals surface area contributed by atoms with Gasteiger partial charge in [-0.05, 0) is 51.2 Å². The van der Waals surface area contributed by atoms with E-state index >= 15 is 0 Å². The third-order valence-electron chi connectivity index (χ3n) is 10.7. The second-order valence-electron chi connectivity index (χ2n) is 14.2. The number of aliphatic hydroxyl groups is 7. The van der Waals surface area contributed by atoms with Crippen LogP contribution in [0.3, 0.4) is 0 Å². The Labute approximate surface area is 290 Å². The molecule has 20 nitrogen and oxygen atoms in total. The summed E-state index contributed by atoms with van der Waals surface area (Å²) in [6.45, 7) is 2.08. The molecule has 0 bridgehead atoms. The van der Waals surface area contributed by atoms with Crippen molar-refractivity contribution >= 4 is 0 Å². The molecule has 0 amide bonds. The average molecular weight is 726 g/mol. The molecule has 1 unspecified atom stereocenters. The Hall–Kier alpha value is -0.800. The second kappa shape index (κ2) is 18.0. The highest BCUT2D eigenvalue weighted by molar-refractivity contribution is 5.02. The van der Waals surface area contributed by atoms with Gasteiger partial charge in [-0.15, -0.1) is 0 Å².